The van der Waals surface area contributed by atoms with E-state index >= 15 is 0 Å². The SMILES string of the molecule is Cc1cccc(OCC(=O)OCC(=O)Nc2c(Cl)cccc2Cl)c1. The highest BCUT2D eigenvalue weighted by Gasteiger charge is 2.12. The number of benzene rings is 2. The molecule has 0 atom stereocenters. The molecule has 7 heteroatoms. The van der Waals surface area contributed by atoms with Crippen LogP contribution in [0.25, 0.3) is 0 Å². The van der Waals surface area contributed by atoms with Crippen LogP contribution in [0.5, 0.6) is 5.75 Å². The van der Waals surface area contributed by atoms with Crippen LogP contribution in [0.4, 0.5) is 5.69 Å². The number of nitrogens with one attached hydrogen (secondary N) is 1. The Balaban J connectivity index is 1.78. The van der Waals surface area contributed by atoms with Crippen molar-refractivity contribution in [1.82, 2.24) is 0 Å². The van der Waals surface area contributed by atoms with Crippen LogP contribution in [0.15, 0.2) is 42.5 Å². The predicted molar refractivity (Wildman–Crippen MR) is 92.7 cm³/mol. The highest BCUT2D eigenvalue weighted by molar-refractivity contribution is 6.39. The third-order valence-electron chi connectivity index (χ3n) is 2.94. The summed E-state index contributed by atoms with van der Waals surface area (Å²) in [4.78, 5) is 23.4. The molecule has 0 spiro atoms. The summed E-state index contributed by atoms with van der Waals surface area (Å²) in [6.45, 7) is 1.16. The molecule has 0 aliphatic carbocycles. The van der Waals surface area contributed by atoms with Crippen LogP contribution in [-0.2, 0) is 14.3 Å². The molecule has 0 heterocycles. The fourth-order valence-corrected chi connectivity index (χ4v) is 2.32. The molecule has 1 N–H and O–H groups in total. The van der Waals surface area contributed by atoms with E-state index in [1.54, 1.807) is 30.3 Å². The second-order valence-corrected chi connectivity index (χ2v) is 5.73. The minimum atomic E-state index is -0.656. The van der Waals surface area contributed by atoms with Crippen molar-refractivity contribution >= 4 is 40.8 Å². The molecular weight excluding hydrogens is 353 g/mol. The van der Waals surface area contributed by atoms with Crippen molar-refractivity contribution in [3.63, 3.8) is 0 Å². The number of carbonyl (C=O) groups excluding carboxylic acids is 2. The zero-order valence-corrected chi connectivity index (χ0v) is 14.4. The van der Waals surface area contributed by atoms with Crippen molar-refractivity contribution in [3.8, 4) is 5.75 Å². The Morgan fingerprint density at radius 3 is 2.38 bits per heavy atom. The van der Waals surface area contributed by atoms with Crippen LogP contribution < -0.4 is 10.1 Å². The van der Waals surface area contributed by atoms with Gasteiger partial charge in [-0.15, -0.1) is 0 Å². The zero-order valence-electron chi connectivity index (χ0n) is 12.8. The lowest BCUT2D eigenvalue weighted by Crippen LogP contribution is -2.23. The first-order chi connectivity index (χ1) is 11.5. The Morgan fingerprint density at radius 1 is 1.04 bits per heavy atom. The van der Waals surface area contributed by atoms with Gasteiger partial charge in [-0.25, -0.2) is 4.79 Å². The van der Waals surface area contributed by atoms with Crippen molar-refractivity contribution in [1.29, 1.82) is 0 Å². The molecule has 1 amide bonds. The molecule has 2 rings (SSSR count). The maximum absolute atomic E-state index is 11.8. The monoisotopic (exact) mass is 367 g/mol. The molecule has 2 aromatic rings. The van der Waals surface area contributed by atoms with E-state index in [9.17, 15) is 9.59 Å². The zero-order chi connectivity index (χ0) is 17.5. The van der Waals surface area contributed by atoms with Crippen LogP contribution in [0.2, 0.25) is 10.0 Å². The molecule has 126 valence electrons. The number of aryl methyl sites for hydroxylation is 1. The van der Waals surface area contributed by atoms with Gasteiger partial charge in [0.25, 0.3) is 5.91 Å². The van der Waals surface area contributed by atoms with Gasteiger partial charge in [0.05, 0.1) is 15.7 Å². The predicted octanol–water partition coefficient (Wildman–Crippen LogP) is 3.86. The van der Waals surface area contributed by atoms with Gasteiger partial charge in [-0.05, 0) is 36.8 Å². The molecule has 0 aliphatic rings. The average Bonchev–Trinajstić information content (AvgIpc) is 2.54. The number of amides is 1. The van der Waals surface area contributed by atoms with Crippen LogP contribution in [0, 0.1) is 6.92 Å². The summed E-state index contributed by atoms with van der Waals surface area (Å²) in [5.41, 5.74) is 1.29. The Kier molecular flexibility index (Phi) is 6.46. The Morgan fingerprint density at radius 2 is 1.71 bits per heavy atom. The normalized spacial score (nSPS) is 10.1. The molecule has 0 aromatic heterocycles. The van der Waals surface area contributed by atoms with Gasteiger partial charge < -0.3 is 14.8 Å². The summed E-state index contributed by atoms with van der Waals surface area (Å²) >= 11 is 11.9. The molecule has 0 saturated carbocycles. The third kappa shape index (κ3) is 5.44. The molecular formula is C17H15Cl2NO4. The molecule has 5 nitrogen and oxygen atoms in total. The first kappa shape index (κ1) is 18.1. The van der Waals surface area contributed by atoms with Crippen molar-refractivity contribution in [3.05, 3.63) is 58.1 Å². The van der Waals surface area contributed by atoms with Gasteiger partial charge in [-0.3, -0.25) is 4.79 Å². The number of rotatable bonds is 6. The van der Waals surface area contributed by atoms with E-state index in [0.717, 1.165) is 5.56 Å². The second kappa shape index (κ2) is 8.57. The maximum atomic E-state index is 11.8. The Labute approximate surface area is 149 Å². The van der Waals surface area contributed by atoms with E-state index in [-0.39, 0.29) is 12.3 Å². The lowest BCUT2D eigenvalue weighted by Gasteiger charge is -2.10. The maximum Gasteiger partial charge on any atom is 0.344 e. The van der Waals surface area contributed by atoms with Crippen LogP contribution in [0.3, 0.4) is 0 Å². The lowest BCUT2D eigenvalue weighted by atomic mass is 10.2. The van der Waals surface area contributed by atoms with Crippen molar-refractivity contribution in [2.75, 3.05) is 18.5 Å². The van der Waals surface area contributed by atoms with Crippen LogP contribution >= 0.6 is 23.2 Å². The van der Waals surface area contributed by atoms with Gasteiger partial charge in [0, 0.05) is 0 Å². The Bertz CT molecular complexity index is 729. The molecule has 0 unspecified atom stereocenters. The minimum Gasteiger partial charge on any atom is -0.482 e. The van der Waals surface area contributed by atoms with E-state index in [0.29, 0.717) is 15.8 Å². The molecule has 0 radical (unpaired) electrons. The number of para-hydroxylation sites is 1. The summed E-state index contributed by atoms with van der Waals surface area (Å²) in [5, 5.41) is 3.09. The first-order valence-electron chi connectivity index (χ1n) is 7.04. The summed E-state index contributed by atoms with van der Waals surface area (Å²) in [6.07, 6.45) is 0. The van der Waals surface area contributed by atoms with E-state index in [2.05, 4.69) is 5.32 Å². The lowest BCUT2D eigenvalue weighted by molar-refractivity contribution is -0.149. The van der Waals surface area contributed by atoms with E-state index < -0.39 is 18.5 Å². The van der Waals surface area contributed by atoms with Gasteiger partial charge in [0.2, 0.25) is 0 Å². The number of ether oxygens (including phenoxy) is 2. The summed E-state index contributed by atoms with van der Waals surface area (Å²) in [6, 6.07) is 12.1. The van der Waals surface area contributed by atoms with E-state index in [4.69, 9.17) is 32.7 Å². The highest BCUT2D eigenvalue weighted by Crippen LogP contribution is 2.29. The van der Waals surface area contributed by atoms with E-state index in [1.807, 2.05) is 19.1 Å². The fourth-order valence-electron chi connectivity index (χ4n) is 1.83. The van der Waals surface area contributed by atoms with Crippen molar-refractivity contribution < 1.29 is 19.1 Å². The summed E-state index contributed by atoms with van der Waals surface area (Å²) in [5.74, 6) is -0.648. The number of halogens is 2. The quantitative estimate of drug-likeness (QED) is 0.787. The molecule has 24 heavy (non-hydrogen) atoms. The van der Waals surface area contributed by atoms with Crippen LogP contribution in [0.1, 0.15) is 5.56 Å². The van der Waals surface area contributed by atoms with Crippen LogP contribution in [-0.4, -0.2) is 25.1 Å². The first-order valence-corrected chi connectivity index (χ1v) is 7.80. The largest absolute Gasteiger partial charge is 0.482 e. The number of esters is 1. The molecule has 2 aromatic carbocycles. The summed E-state index contributed by atoms with van der Waals surface area (Å²) < 4.78 is 10.1. The van der Waals surface area contributed by atoms with Crippen molar-refractivity contribution in [2.24, 2.45) is 0 Å². The second-order valence-electron chi connectivity index (χ2n) is 4.91. The van der Waals surface area contributed by atoms with Gasteiger partial charge >= 0.3 is 5.97 Å². The fraction of sp³-hybridized carbons (Fsp3) is 0.176. The molecule has 0 saturated heterocycles. The van der Waals surface area contributed by atoms with Gasteiger partial charge in [0.15, 0.2) is 13.2 Å². The number of anilines is 1. The van der Waals surface area contributed by atoms with E-state index in [1.165, 1.54) is 0 Å². The number of hydrogen-bond donors (Lipinski definition) is 1. The molecule has 0 bridgehead atoms. The topological polar surface area (TPSA) is 64.6 Å². The number of carbonyl (C=O) groups is 2. The summed E-state index contributed by atoms with van der Waals surface area (Å²) in [7, 11) is 0. The average molecular weight is 368 g/mol. The highest BCUT2D eigenvalue weighted by atomic mass is 35.5. The number of hydrogen-bond acceptors (Lipinski definition) is 4. The smallest absolute Gasteiger partial charge is 0.344 e. The third-order valence-corrected chi connectivity index (χ3v) is 3.57. The standard InChI is InChI=1S/C17H15Cl2NO4/c1-11-4-2-5-12(8-11)23-10-16(22)24-9-15(21)20-17-13(18)6-3-7-14(17)19/h2-8H,9-10H2,1H3,(H,20,21). The Hall–Kier alpha value is -2.24. The molecule has 0 aliphatic heterocycles. The van der Waals surface area contributed by atoms with Gasteiger partial charge in [-0.2, -0.15) is 0 Å². The van der Waals surface area contributed by atoms with Gasteiger partial charge in [-0.1, -0.05) is 41.4 Å². The van der Waals surface area contributed by atoms with Crippen molar-refractivity contribution in [2.45, 2.75) is 6.92 Å². The van der Waals surface area contributed by atoms with Gasteiger partial charge in [0.1, 0.15) is 5.75 Å². The molecule has 0 fully saturated rings. The minimum absolute atomic E-state index is 0.276.